The number of nitrogen functional groups attached to an aromatic ring is 2. The van der Waals surface area contributed by atoms with Crippen LogP contribution in [0.4, 0.5) is 11.8 Å². The van der Waals surface area contributed by atoms with Gasteiger partial charge in [0, 0.05) is 0 Å². The van der Waals surface area contributed by atoms with Crippen molar-refractivity contribution in [2.45, 2.75) is 24.5 Å². The van der Waals surface area contributed by atoms with Gasteiger partial charge in [-0.15, -0.1) is 0 Å². The lowest BCUT2D eigenvalue weighted by Crippen LogP contribution is -2.33. The van der Waals surface area contributed by atoms with E-state index in [4.69, 9.17) is 21.3 Å². The Bertz CT molecular complexity index is 646. The fourth-order valence-corrected chi connectivity index (χ4v) is 2.25. The van der Waals surface area contributed by atoms with Gasteiger partial charge in [0.2, 0.25) is 5.95 Å². The molecule has 10 nitrogen and oxygen atoms in total. The predicted molar refractivity (Wildman–Crippen MR) is 67.2 cm³/mol. The molecule has 4 atom stereocenters. The maximum atomic E-state index is 9.99. The molecule has 1 aliphatic rings. The van der Waals surface area contributed by atoms with Crippen molar-refractivity contribution in [2.75, 3.05) is 18.1 Å². The first-order chi connectivity index (χ1) is 9.52. The highest BCUT2D eigenvalue weighted by molar-refractivity contribution is 5.82. The zero-order valence-corrected chi connectivity index (χ0v) is 10.3. The maximum absolute atomic E-state index is 9.99. The first kappa shape index (κ1) is 13.0. The molecule has 0 saturated carbocycles. The summed E-state index contributed by atoms with van der Waals surface area (Å²) < 4.78 is 6.79. The number of nitrogens with two attached hydrogens (primary N) is 2. The van der Waals surface area contributed by atoms with Crippen molar-refractivity contribution in [1.29, 1.82) is 0 Å². The number of imidazole rings is 1. The number of ether oxygens (including phenoxy) is 1. The van der Waals surface area contributed by atoms with E-state index in [1.807, 2.05) is 0 Å². The number of aromatic nitrogens is 4. The Balaban J connectivity index is 2.07. The summed E-state index contributed by atoms with van der Waals surface area (Å²) in [7, 11) is 0. The molecule has 0 aromatic carbocycles. The molecule has 3 rings (SSSR count). The second-order valence-corrected chi connectivity index (χ2v) is 4.52. The molecule has 3 heterocycles. The second kappa shape index (κ2) is 4.52. The lowest BCUT2D eigenvalue weighted by molar-refractivity contribution is -0.0511. The Hall–Kier alpha value is -2.01. The monoisotopic (exact) mass is 282 g/mol. The summed E-state index contributed by atoms with van der Waals surface area (Å²) in [6.07, 6.45) is -2.92. The zero-order chi connectivity index (χ0) is 14.4. The molecular formula is C10H14N6O4. The highest BCUT2D eigenvalue weighted by Gasteiger charge is 2.44. The molecule has 1 saturated heterocycles. The van der Waals surface area contributed by atoms with E-state index >= 15 is 0 Å². The van der Waals surface area contributed by atoms with Crippen molar-refractivity contribution in [3.05, 3.63) is 6.33 Å². The molecule has 0 bridgehead atoms. The largest absolute Gasteiger partial charge is 0.394 e. The van der Waals surface area contributed by atoms with Crippen LogP contribution >= 0.6 is 0 Å². The van der Waals surface area contributed by atoms with Gasteiger partial charge in [0.1, 0.15) is 23.8 Å². The second-order valence-electron chi connectivity index (χ2n) is 4.52. The molecule has 2 aromatic rings. The SMILES string of the molecule is Nc1nc(N)c2ncn(C3O[C@H](CO)[C@H](O)[C@H]3O)c2n1. The molecule has 0 radical (unpaired) electrons. The lowest BCUT2D eigenvalue weighted by Gasteiger charge is -2.16. The smallest absolute Gasteiger partial charge is 0.224 e. The minimum atomic E-state index is -1.23. The summed E-state index contributed by atoms with van der Waals surface area (Å²) in [5.74, 6) is 0.0708. The summed E-state index contributed by atoms with van der Waals surface area (Å²) >= 11 is 0. The van der Waals surface area contributed by atoms with Crippen molar-refractivity contribution in [1.82, 2.24) is 19.5 Å². The molecule has 0 amide bonds. The highest BCUT2D eigenvalue weighted by Crippen LogP contribution is 2.31. The average molecular weight is 282 g/mol. The van der Waals surface area contributed by atoms with Crippen LogP contribution in [0.1, 0.15) is 6.23 Å². The standard InChI is InChI=1S/C10H14N6O4/c11-7-4-8(15-10(12)14-7)16(2-13-4)9-6(19)5(18)3(1-17)20-9/h2-3,5-6,9,17-19H,1H2,(H4,11,12,14,15)/t3-,5+,6-,9?/m1/s1. The Labute approximate surface area is 112 Å². The molecule has 0 spiro atoms. The average Bonchev–Trinajstić information content (AvgIpc) is 2.93. The molecule has 1 unspecified atom stereocenters. The molecule has 7 N–H and O–H groups in total. The molecule has 1 aliphatic heterocycles. The van der Waals surface area contributed by atoms with E-state index in [2.05, 4.69) is 15.0 Å². The number of anilines is 2. The number of rotatable bonds is 2. The van der Waals surface area contributed by atoms with Crippen molar-refractivity contribution in [3.8, 4) is 0 Å². The lowest BCUT2D eigenvalue weighted by atomic mass is 10.1. The van der Waals surface area contributed by atoms with E-state index in [0.717, 1.165) is 0 Å². The van der Waals surface area contributed by atoms with E-state index in [1.165, 1.54) is 10.9 Å². The Kier molecular flexibility index (Phi) is 2.94. The van der Waals surface area contributed by atoms with Crippen LogP contribution in [0.25, 0.3) is 11.2 Å². The fourth-order valence-electron chi connectivity index (χ4n) is 2.25. The summed E-state index contributed by atoms with van der Waals surface area (Å²) in [6.45, 7) is -0.416. The minimum absolute atomic E-state index is 0.0384. The van der Waals surface area contributed by atoms with Crippen molar-refractivity contribution in [2.24, 2.45) is 0 Å². The Morgan fingerprint density at radius 1 is 1.25 bits per heavy atom. The first-order valence-corrected chi connectivity index (χ1v) is 5.91. The summed E-state index contributed by atoms with van der Waals surface area (Å²) in [4.78, 5) is 11.8. The van der Waals surface area contributed by atoms with Gasteiger partial charge in [0.05, 0.1) is 12.9 Å². The van der Waals surface area contributed by atoms with Gasteiger partial charge < -0.3 is 31.5 Å². The molecule has 108 valence electrons. The third-order valence-electron chi connectivity index (χ3n) is 3.26. The van der Waals surface area contributed by atoms with E-state index in [9.17, 15) is 10.2 Å². The summed E-state index contributed by atoms with van der Waals surface area (Å²) in [6, 6.07) is 0. The van der Waals surface area contributed by atoms with Gasteiger partial charge in [-0.1, -0.05) is 0 Å². The third-order valence-corrected chi connectivity index (χ3v) is 3.26. The van der Waals surface area contributed by atoms with Gasteiger partial charge in [0.15, 0.2) is 17.7 Å². The molecule has 1 fully saturated rings. The fraction of sp³-hybridized carbons (Fsp3) is 0.500. The van der Waals surface area contributed by atoms with E-state index < -0.39 is 31.1 Å². The maximum Gasteiger partial charge on any atom is 0.224 e. The van der Waals surface area contributed by atoms with Crippen LogP contribution in [0, 0.1) is 0 Å². The summed E-state index contributed by atoms with van der Waals surface area (Å²) in [5.41, 5.74) is 11.8. The Morgan fingerprint density at radius 3 is 2.65 bits per heavy atom. The van der Waals surface area contributed by atoms with Crippen LogP contribution in [0.3, 0.4) is 0 Å². The normalized spacial score (nSPS) is 30.1. The zero-order valence-electron chi connectivity index (χ0n) is 10.3. The molecule has 0 aliphatic carbocycles. The van der Waals surface area contributed by atoms with Gasteiger partial charge in [-0.2, -0.15) is 9.97 Å². The van der Waals surface area contributed by atoms with Crippen LogP contribution in [0.5, 0.6) is 0 Å². The van der Waals surface area contributed by atoms with Crippen molar-refractivity contribution >= 4 is 22.9 Å². The number of hydrogen-bond acceptors (Lipinski definition) is 9. The van der Waals surface area contributed by atoms with Gasteiger partial charge in [0.25, 0.3) is 0 Å². The van der Waals surface area contributed by atoms with E-state index in [0.29, 0.717) is 5.52 Å². The van der Waals surface area contributed by atoms with Crippen molar-refractivity contribution < 1.29 is 20.1 Å². The van der Waals surface area contributed by atoms with Crippen molar-refractivity contribution in [3.63, 3.8) is 0 Å². The molecule has 2 aromatic heterocycles. The van der Waals surface area contributed by atoms with Crippen LogP contribution in [0.2, 0.25) is 0 Å². The van der Waals surface area contributed by atoms with Gasteiger partial charge in [-0.05, 0) is 0 Å². The van der Waals surface area contributed by atoms with Gasteiger partial charge in [-0.3, -0.25) is 4.57 Å². The molecule has 20 heavy (non-hydrogen) atoms. The highest BCUT2D eigenvalue weighted by atomic mass is 16.6. The minimum Gasteiger partial charge on any atom is -0.394 e. The summed E-state index contributed by atoms with van der Waals surface area (Å²) in [5, 5.41) is 28.8. The molecule has 10 heteroatoms. The van der Waals surface area contributed by atoms with Crippen LogP contribution in [-0.2, 0) is 4.74 Å². The number of fused-ring (bicyclic) bond motifs is 1. The van der Waals surface area contributed by atoms with Gasteiger partial charge >= 0.3 is 0 Å². The van der Waals surface area contributed by atoms with Crippen LogP contribution in [0.15, 0.2) is 6.33 Å². The number of nitrogens with zero attached hydrogens (tertiary/aromatic N) is 4. The predicted octanol–water partition coefficient (Wildman–Crippen LogP) is -2.40. The first-order valence-electron chi connectivity index (χ1n) is 5.91. The third kappa shape index (κ3) is 1.78. The molecular weight excluding hydrogens is 268 g/mol. The number of aliphatic hydroxyl groups is 3. The van der Waals surface area contributed by atoms with Crippen LogP contribution < -0.4 is 11.5 Å². The van der Waals surface area contributed by atoms with Crippen LogP contribution in [-0.4, -0.2) is 59.8 Å². The quantitative estimate of drug-likeness (QED) is 0.403. The topological polar surface area (TPSA) is 166 Å². The Morgan fingerprint density at radius 2 is 2.00 bits per heavy atom. The van der Waals surface area contributed by atoms with E-state index in [-0.39, 0.29) is 17.4 Å². The number of aliphatic hydroxyl groups excluding tert-OH is 3. The van der Waals surface area contributed by atoms with E-state index in [1.54, 1.807) is 0 Å². The van der Waals surface area contributed by atoms with Gasteiger partial charge in [-0.25, -0.2) is 4.98 Å². The number of hydrogen-bond donors (Lipinski definition) is 5.